The summed E-state index contributed by atoms with van der Waals surface area (Å²) < 4.78 is 5.01. The molecule has 0 atom stereocenters. The van der Waals surface area contributed by atoms with Gasteiger partial charge >= 0.3 is 0 Å². The van der Waals surface area contributed by atoms with Crippen molar-refractivity contribution in [3.63, 3.8) is 0 Å². The number of hydrogen-bond donors (Lipinski definition) is 2. The lowest BCUT2D eigenvalue weighted by Crippen LogP contribution is -2.27. The van der Waals surface area contributed by atoms with Crippen molar-refractivity contribution in [1.82, 2.24) is 5.32 Å². The quantitative estimate of drug-likeness (QED) is 0.550. The zero-order valence-electron chi connectivity index (χ0n) is 10.3. The molecule has 0 saturated carbocycles. The highest BCUT2D eigenvalue weighted by molar-refractivity contribution is 5.97. The first-order valence-electron chi connectivity index (χ1n) is 5.73. The molecule has 0 unspecified atom stereocenters. The van der Waals surface area contributed by atoms with Gasteiger partial charge in [-0.15, -0.1) is 0 Å². The Bertz CT molecular complexity index is 400. The summed E-state index contributed by atoms with van der Waals surface area (Å²) in [6, 6.07) is 6.47. The first kappa shape index (κ1) is 14.3. The van der Waals surface area contributed by atoms with Crippen LogP contribution in [0.1, 0.15) is 27.6 Å². The van der Waals surface area contributed by atoms with Crippen LogP contribution in [-0.2, 0) is 4.74 Å². The van der Waals surface area contributed by atoms with E-state index in [4.69, 9.17) is 9.84 Å². The van der Waals surface area contributed by atoms with Crippen LogP contribution in [0.4, 0.5) is 0 Å². The topological polar surface area (TPSA) is 75.6 Å². The number of nitrogens with one attached hydrogen (secondary N) is 1. The highest BCUT2D eigenvalue weighted by atomic mass is 16.5. The summed E-state index contributed by atoms with van der Waals surface area (Å²) in [5, 5.41) is 11.2. The average Bonchev–Trinajstić information content (AvgIpc) is 2.38. The normalized spacial score (nSPS) is 10.1. The molecule has 0 fully saturated rings. The molecule has 0 spiro atoms. The number of ketones is 1. The summed E-state index contributed by atoms with van der Waals surface area (Å²) in [5.41, 5.74) is 1.08. The van der Waals surface area contributed by atoms with Crippen molar-refractivity contribution in [2.45, 2.75) is 6.92 Å². The molecular weight excluding hydrogens is 234 g/mol. The molecule has 1 aromatic carbocycles. The van der Waals surface area contributed by atoms with Crippen LogP contribution in [0.25, 0.3) is 0 Å². The Morgan fingerprint density at radius 3 is 2.33 bits per heavy atom. The first-order valence-corrected chi connectivity index (χ1v) is 5.73. The molecule has 0 aliphatic rings. The van der Waals surface area contributed by atoms with E-state index in [9.17, 15) is 9.59 Å². The lowest BCUT2D eigenvalue weighted by atomic mass is 10.1. The van der Waals surface area contributed by atoms with Crippen molar-refractivity contribution in [2.24, 2.45) is 0 Å². The predicted octanol–water partition coefficient (Wildman–Crippen LogP) is 0.628. The molecule has 0 aromatic heterocycles. The Hall–Kier alpha value is -1.72. The number of hydrogen-bond acceptors (Lipinski definition) is 4. The fraction of sp³-hybridized carbons (Fsp3) is 0.385. The molecule has 0 saturated heterocycles. The van der Waals surface area contributed by atoms with Gasteiger partial charge in [0.2, 0.25) is 0 Å². The van der Waals surface area contributed by atoms with Crippen molar-refractivity contribution in [2.75, 3.05) is 26.4 Å². The Morgan fingerprint density at radius 2 is 1.78 bits per heavy atom. The second-order valence-electron chi connectivity index (χ2n) is 3.73. The van der Waals surface area contributed by atoms with Crippen LogP contribution in [0.5, 0.6) is 0 Å². The highest BCUT2D eigenvalue weighted by Gasteiger charge is 2.05. The number of benzene rings is 1. The Balaban J connectivity index is 2.39. The zero-order valence-corrected chi connectivity index (χ0v) is 10.3. The van der Waals surface area contributed by atoms with Gasteiger partial charge in [0.15, 0.2) is 5.78 Å². The third-order valence-corrected chi connectivity index (χ3v) is 2.32. The zero-order chi connectivity index (χ0) is 13.4. The lowest BCUT2D eigenvalue weighted by Gasteiger charge is -2.06. The van der Waals surface area contributed by atoms with Crippen molar-refractivity contribution < 1.29 is 19.4 Å². The van der Waals surface area contributed by atoms with Crippen LogP contribution in [0.15, 0.2) is 24.3 Å². The van der Waals surface area contributed by atoms with E-state index in [1.165, 1.54) is 6.92 Å². The molecule has 18 heavy (non-hydrogen) atoms. The van der Waals surface area contributed by atoms with Crippen LogP contribution < -0.4 is 5.32 Å². The molecule has 5 nitrogen and oxygen atoms in total. The van der Waals surface area contributed by atoms with Gasteiger partial charge in [-0.2, -0.15) is 0 Å². The van der Waals surface area contributed by atoms with Crippen LogP contribution in [0, 0.1) is 0 Å². The fourth-order valence-electron chi connectivity index (χ4n) is 1.36. The summed E-state index contributed by atoms with van der Waals surface area (Å²) in [5.74, 6) is -0.239. The molecule has 0 aliphatic carbocycles. The van der Waals surface area contributed by atoms with Gasteiger partial charge in [0.25, 0.3) is 5.91 Å². The molecule has 5 heteroatoms. The van der Waals surface area contributed by atoms with E-state index in [1.807, 2.05) is 0 Å². The molecule has 2 N–H and O–H groups in total. The van der Waals surface area contributed by atoms with E-state index in [1.54, 1.807) is 24.3 Å². The largest absolute Gasteiger partial charge is 0.394 e. The Morgan fingerprint density at radius 1 is 1.17 bits per heavy atom. The van der Waals surface area contributed by atoms with E-state index in [-0.39, 0.29) is 24.9 Å². The number of ether oxygens (including phenoxy) is 1. The summed E-state index contributed by atoms with van der Waals surface area (Å²) in [4.78, 5) is 22.7. The second-order valence-corrected chi connectivity index (χ2v) is 3.73. The van der Waals surface area contributed by atoms with Gasteiger partial charge < -0.3 is 15.2 Å². The third-order valence-electron chi connectivity index (χ3n) is 2.32. The standard InChI is InChI=1S/C13H17NO4/c1-10(16)11-2-4-12(5-3-11)13(17)14-6-8-18-9-7-15/h2-5,15H,6-9H2,1H3,(H,14,17). The molecule has 1 aromatic rings. The minimum atomic E-state index is -0.210. The van der Waals surface area contributed by atoms with Crippen molar-refractivity contribution in [1.29, 1.82) is 0 Å². The molecular formula is C13H17NO4. The first-order chi connectivity index (χ1) is 8.65. The summed E-state index contributed by atoms with van der Waals surface area (Å²) in [6.07, 6.45) is 0. The maximum Gasteiger partial charge on any atom is 0.251 e. The van der Waals surface area contributed by atoms with Gasteiger partial charge in [0, 0.05) is 17.7 Å². The third kappa shape index (κ3) is 4.65. The van der Waals surface area contributed by atoms with Gasteiger partial charge in [-0.1, -0.05) is 12.1 Å². The van der Waals surface area contributed by atoms with Gasteiger partial charge in [-0.05, 0) is 19.1 Å². The number of carbonyl (C=O) groups excluding carboxylic acids is 2. The second kappa shape index (κ2) is 7.58. The smallest absolute Gasteiger partial charge is 0.251 e. The van der Waals surface area contributed by atoms with E-state index in [0.29, 0.717) is 24.3 Å². The molecule has 0 aliphatic heterocycles. The van der Waals surface area contributed by atoms with E-state index in [0.717, 1.165) is 0 Å². The summed E-state index contributed by atoms with van der Waals surface area (Å²) >= 11 is 0. The minimum Gasteiger partial charge on any atom is -0.394 e. The number of carbonyl (C=O) groups is 2. The van der Waals surface area contributed by atoms with Crippen molar-refractivity contribution >= 4 is 11.7 Å². The molecule has 0 radical (unpaired) electrons. The summed E-state index contributed by atoms with van der Waals surface area (Å²) in [7, 11) is 0. The fourth-order valence-corrected chi connectivity index (χ4v) is 1.36. The van der Waals surface area contributed by atoms with Gasteiger partial charge in [0.1, 0.15) is 0 Å². The van der Waals surface area contributed by atoms with Crippen LogP contribution in [0.2, 0.25) is 0 Å². The number of aliphatic hydroxyl groups excluding tert-OH is 1. The maximum atomic E-state index is 11.7. The molecule has 1 rings (SSSR count). The van der Waals surface area contributed by atoms with E-state index in [2.05, 4.69) is 5.32 Å². The Labute approximate surface area is 106 Å². The van der Waals surface area contributed by atoms with E-state index < -0.39 is 0 Å². The van der Waals surface area contributed by atoms with Gasteiger partial charge in [-0.25, -0.2) is 0 Å². The Kier molecular flexibility index (Phi) is 6.04. The highest BCUT2D eigenvalue weighted by Crippen LogP contribution is 2.04. The molecule has 0 bridgehead atoms. The number of amides is 1. The number of Topliss-reactive ketones (excluding diaryl/α,β-unsaturated/α-hetero) is 1. The van der Waals surface area contributed by atoms with Gasteiger partial charge in [-0.3, -0.25) is 9.59 Å². The van der Waals surface area contributed by atoms with Crippen LogP contribution in [0.3, 0.4) is 0 Å². The van der Waals surface area contributed by atoms with Crippen molar-refractivity contribution in [3.8, 4) is 0 Å². The lowest BCUT2D eigenvalue weighted by molar-refractivity contribution is 0.0837. The maximum absolute atomic E-state index is 11.7. The van der Waals surface area contributed by atoms with E-state index >= 15 is 0 Å². The minimum absolute atomic E-state index is 0.0273. The monoisotopic (exact) mass is 251 g/mol. The van der Waals surface area contributed by atoms with Gasteiger partial charge in [0.05, 0.1) is 19.8 Å². The molecule has 0 heterocycles. The van der Waals surface area contributed by atoms with Crippen molar-refractivity contribution in [3.05, 3.63) is 35.4 Å². The molecule has 98 valence electrons. The molecule has 1 amide bonds. The van der Waals surface area contributed by atoms with Crippen LogP contribution >= 0.6 is 0 Å². The number of aliphatic hydroxyl groups is 1. The summed E-state index contributed by atoms with van der Waals surface area (Å²) in [6.45, 7) is 2.46. The predicted molar refractivity (Wildman–Crippen MR) is 66.7 cm³/mol. The average molecular weight is 251 g/mol. The van der Waals surface area contributed by atoms with Crippen LogP contribution in [-0.4, -0.2) is 43.2 Å². The SMILES string of the molecule is CC(=O)c1ccc(C(=O)NCCOCCO)cc1. The number of rotatable bonds is 7.